The summed E-state index contributed by atoms with van der Waals surface area (Å²) in [5, 5.41) is 10.3. The third kappa shape index (κ3) is 6.77. The number of nitrogens with zero attached hydrogens (tertiary/aromatic N) is 4. The highest BCUT2D eigenvalue weighted by molar-refractivity contribution is 7.99. The molecular weight excluding hydrogens is 482 g/mol. The number of hydrogen-bond donors (Lipinski definition) is 3. The Morgan fingerprint density at radius 1 is 1.14 bits per heavy atom. The Morgan fingerprint density at radius 3 is 2.59 bits per heavy atom. The zero-order valence-electron chi connectivity index (χ0n) is 21.2. The summed E-state index contributed by atoms with van der Waals surface area (Å²) in [6, 6.07) is 13.0. The summed E-state index contributed by atoms with van der Waals surface area (Å²) in [6.07, 6.45) is 11.3. The van der Waals surface area contributed by atoms with Crippen LogP contribution in [0.3, 0.4) is 0 Å². The van der Waals surface area contributed by atoms with Gasteiger partial charge in [-0.1, -0.05) is 32.2 Å². The molecule has 8 nitrogen and oxygen atoms in total. The van der Waals surface area contributed by atoms with Gasteiger partial charge in [-0.05, 0) is 61.2 Å². The van der Waals surface area contributed by atoms with Crippen LogP contribution in [0.2, 0.25) is 0 Å². The van der Waals surface area contributed by atoms with E-state index in [1.54, 1.807) is 30.7 Å². The SMILES string of the molecule is C=C(/C=C(\NC)C1CC1)Nc1nc(Sc2ccc(NC(=O)c3cccnc3)cc2)cc2nccn12.CC. The van der Waals surface area contributed by atoms with Crippen molar-refractivity contribution >= 4 is 35.0 Å². The minimum atomic E-state index is -0.196. The Kier molecular flexibility index (Phi) is 8.58. The molecule has 3 aromatic heterocycles. The molecule has 0 spiro atoms. The lowest BCUT2D eigenvalue weighted by atomic mass is 10.2. The first-order chi connectivity index (χ1) is 18.1. The molecule has 1 aliphatic rings. The van der Waals surface area contributed by atoms with Gasteiger partial charge in [0.1, 0.15) is 10.7 Å². The normalized spacial score (nSPS) is 12.9. The van der Waals surface area contributed by atoms with E-state index in [1.807, 2.05) is 67.9 Å². The quantitative estimate of drug-likeness (QED) is 0.187. The second-order valence-electron chi connectivity index (χ2n) is 8.17. The molecule has 0 aliphatic heterocycles. The number of carbonyl (C=O) groups is 1. The average molecular weight is 514 g/mol. The fourth-order valence-electron chi connectivity index (χ4n) is 3.63. The van der Waals surface area contributed by atoms with Crippen molar-refractivity contribution in [1.82, 2.24) is 24.7 Å². The summed E-state index contributed by atoms with van der Waals surface area (Å²) in [5.41, 5.74) is 3.96. The van der Waals surface area contributed by atoms with E-state index < -0.39 is 0 Å². The maximum Gasteiger partial charge on any atom is 0.257 e. The monoisotopic (exact) mass is 513 g/mol. The van der Waals surface area contributed by atoms with Crippen LogP contribution < -0.4 is 16.0 Å². The van der Waals surface area contributed by atoms with Gasteiger partial charge in [0.2, 0.25) is 5.95 Å². The Labute approximate surface area is 221 Å². The largest absolute Gasteiger partial charge is 0.391 e. The molecule has 1 aliphatic carbocycles. The maximum absolute atomic E-state index is 12.3. The van der Waals surface area contributed by atoms with Crippen LogP contribution in [0.1, 0.15) is 37.0 Å². The fourth-order valence-corrected chi connectivity index (χ4v) is 4.44. The van der Waals surface area contributed by atoms with E-state index in [2.05, 4.69) is 32.5 Å². The molecule has 3 heterocycles. The van der Waals surface area contributed by atoms with Crippen LogP contribution in [-0.2, 0) is 0 Å². The van der Waals surface area contributed by atoms with Crippen LogP contribution in [0.4, 0.5) is 11.6 Å². The van der Waals surface area contributed by atoms with Crippen LogP contribution in [0.5, 0.6) is 0 Å². The predicted octanol–water partition coefficient (Wildman–Crippen LogP) is 5.99. The number of benzene rings is 1. The lowest BCUT2D eigenvalue weighted by Gasteiger charge is -2.12. The summed E-state index contributed by atoms with van der Waals surface area (Å²) in [6.45, 7) is 8.16. The molecule has 0 atom stereocenters. The van der Waals surface area contributed by atoms with Crippen molar-refractivity contribution in [2.24, 2.45) is 5.92 Å². The molecule has 9 heteroatoms. The molecule has 3 N–H and O–H groups in total. The summed E-state index contributed by atoms with van der Waals surface area (Å²) >= 11 is 1.52. The Balaban J connectivity index is 0.00000156. The summed E-state index contributed by atoms with van der Waals surface area (Å²) in [7, 11) is 1.94. The first kappa shape index (κ1) is 26.0. The zero-order valence-corrected chi connectivity index (χ0v) is 22.0. The third-order valence-electron chi connectivity index (χ3n) is 5.53. The molecule has 0 saturated heterocycles. The van der Waals surface area contributed by atoms with Crippen LogP contribution in [0, 0.1) is 5.92 Å². The highest BCUT2D eigenvalue weighted by atomic mass is 32.2. The number of nitrogens with one attached hydrogen (secondary N) is 3. The van der Waals surface area contributed by atoms with Gasteiger partial charge in [-0.3, -0.25) is 14.2 Å². The van der Waals surface area contributed by atoms with E-state index in [1.165, 1.54) is 30.3 Å². The number of fused-ring (bicyclic) bond motifs is 1. The fraction of sp³-hybridized carbons (Fsp3) is 0.214. The van der Waals surface area contributed by atoms with E-state index in [-0.39, 0.29) is 5.91 Å². The smallest absolute Gasteiger partial charge is 0.257 e. The van der Waals surface area contributed by atoms with Gasteiger partial charge in [0.05, 0.1) is 5.56 Å². The van der Waals surface area contributed by atoms with E-state index in [0.29, 0.717) is 23.1 Å². The Morgan fingerprint density at radius 2 is 1.92 bits per heavy atom. The number of aromatic nitrogens is 4. The van der Waals surface area contributed by atoms with E-state index >= 15 is 0 Å². The molecule has 1 fully saturated rings. The molecule has 1 amide bonds. The van der Waals surface area contributed by atoms with Crippen LogP contribution in [0.15, 0.2) is 101 Å². The van der Waals surface area contributed by atoms with Crippen molar-refractivity contribution in [3.05, 3.63) is 96.9 Å². The minimum absolute atomic E-state index is 0.196. The second-order valence-corrected chi connectivity index (χ2v) is 9.26. The van der Waals surface area contributed by atoms with Crippen LogP contribution in [-0.4, -0.2) is 32.3 Å². The van der Waals surface area contributed by atoms with E-state index in [0.717, 1.165) is 21.3 Å². The van der Waals surface area contributed by atoms with Gasteiger partial charge in [0.15, 0.2) is 0 Å². The topological polar surface area (TPSA) is 96.2 Å². The van der Waals surface area contributed by atoms with Gasteiger partial charge in [-0.2, -0.15) is 0 Å². The van der Waals surface area contributed by atoms with Crippen molar-refractivity contribution in [2.45, 2.75) is 36.6 Å². The van der Waals surface area contributed by atoms with Gasteiger partial charge < -0.3 is 16.0 Å². The van der Waals surface area contributed by atoms with Gasteiger partial charge >= 0.3 is 0 Å². The number of imidazole rings is 1. The lowest BCUT2D eigenvalue weighted by molar-refractivity contribution is 0.102. The predicted molar refractivity (Wildman–Crippen MR) is 150 cm³/mol. The Bertz CT molecular complexity index is 1390. The minimum Gasteiger partial charge on any atom is -0.391 e. The zero-order chi connectivity index (χ0) is 26.2. The van der Waals surface area contributed by atoms with Crippen molar-refractivity contribution in [1.29, 1.82) is 0 Å². The first-order valence-corrected chi connectivity index (χ1v) is 13.1. The van der Waals surface area contributed by atoms with Gasteiger partial charge in [-0.25, -0.2) is 9.97 Å². The number of rotatable bonds is 9. The molecule has 5 rings (SSSR count). The summed E-state index contributed by atoms with van der Waals surface area (Å²) < 4.78 is 1.90. The average Bonchev–Trinajstić information content (AvgIpc) is 3.66. The van der Waals surface area contributed by atoms with Gasteiger partial charge in [0, 0.05) is 59.9 Å². The lowest BCUT2D eigenvalue weighted by Crippen LogP contribution is -2.11. The van der Waals surface area contributed by atoms with Crippen molar-refractivity contribution in [3.8, 4) is 0 Å². The van der Waals surface area contributed by atoms with Gasteiger partial charge in [-0.15, -0.1) is 0 Å². The molecule has 1 aromatic carbocycles. The molecule has 0 bridgehead atoms. The number of anilines is 2. The van der Waals surface area contributed by atoms with Crippen LogP contribution in [0.25, 0.3) is 5.65 Å². The number of pyridine rings is 1. The number of amides is 1. The van der Waals surface area contributed by atoms with Crippen molar-refractivity contribution in [2.75, 3.05) is 17.7 Å². The molecule has 0 radical (unpaired) electrons. The molecular formula is C28H31N7OS. The van der Waals surface area contributed by atoms with Gasteiger partial charge in [0.25, 0.3) is 5.91 Å². The standard InChI is InChI=1S/C26H25N7OS.C2H6/c1-17(14-22(27-2)18-5-6-18)30-26-32-24(15-23-29-12-13-33(23)26)35-21-9-7-20(8-10-21)31-25(34)19-4-3-11-28-16-19;1-2/h3-4,7-16,18,27H,1,5-6H2,2H3,(H,30,32)(H,31,34);1-2H3/b22-14-;. The Hall–Kier alpha value is -4.11. The molecule has 1 saturated carbocycles. The van der Waals surface area contributed by atoms with Crippen molar-refractivity contribution < 1.29 is 4.79 Å². The number of allylic oxidation sites excluding steroid dienone is 2. The summed E-state index contributed by atoms with van der Waals surface area (Å²) in [5.74, 6) is 1.05. The second kappa shape index (κ2) is 12.2. The van der Waals surface area contributed by atoms with Crippen LogP contribution >= 0.6 is 11.8 Å². The first-order valence-electron chi connectivity index (χ1n) is 12.3. The maximum atomic E-state index is 12.3. The molecule has 4 aromatic rings. The molecule has 0 unspecified atom stereocenters. The number of hydrogen-bond acceptors (Lipinski definition) is 7. The number of carbonyl (C=O) groups excluding carboxylic acids is 1. The highest BCUT2D eigenvalue weighted by Crippen LogP contribution is 2.35. The molecule has 37 heavy (non-hydrogen) atoms. The molecule has 190 valence electrons. The van der Waals surface area contributed by atoms with E-state index in [9.17, 15) is 4.79 Å². The van der Waals surface area contributed by atoms with E-state index in [4.69, 9.17) is 4.98 Å². The van der Waals surface area contributed by atoms with Crippen molar-refractivity contribution in [3.63, 3.8) is 0 Å². The third-order valence-corrected chi connectivity index (χ3v) is 6.46. The highest BCUT2D eigenvalue weighted by Gasteiger charge is 2.25. The summed E-state index contributed by atoms with van der Waals surface area (Å²) in [4.78, 5) is 26.6.